The number of aromatic nitrogens is 2. The summed E-state index contributed by atoms with van der Waals surface area (Å²) in [5.41, 5.74) is 6.31. The van der Waals surface area contributed by atoms with E-state index < -0.39 is 6.29 Å². The number of hydrogen-bond donors (Lipinski definition) is 3. The average Bonchev–Trinajstić information content (AvgIpc) is 2.17. The monoisotopic (exact) mass is 213 g/mol. The first-order valence-corrected chi connectivity index (χ1v) is 4.45. The van der Waals surface area contributed by atoms with Crippen molar-refractivity contribution >= 4 is 23.3 Å². The van der Waals surface area contributed by atoms with Crippen molar-refractivity contribution < 1.29 is 5.11 Å². The van der Waals surface area contributed by atoms with Crippen LogP contribution in [0.5, 0.6) is 0 Å². The molecule has 0 aliphatic carbocycles. The molecule has 74 valence electrons. The minimum absolute atomic E-state index is 0.217. The van der Waals surface area contributed by atoms with Crippen molar-refractivity contribution in [1.29, 1.82) is 0 Å². The van der Waals surface area contributed by atoms with Crippen LogP contribution in [0, 0.1) is 0 Å². The van der Waals surface area contributed by atoms with Crippen LogP contribution >= 0.6 is 11.6 Å². The highest BCUT2D eigenvalue weighted by Gasteiger charge is 2.20. The highest BCUT2D eigenvalue weighted by molar-refractivity contribution is 6.16. The van der Waals surface area contributed by atoms with Gasteiger partial charge in [0.25, 0.3) is 0 Å². The van der Waals surface area contributed by atoms with E-state index in [9.17, 15) is 5.11 Å². The molecule has 1 aliphatic heterocycles. The van der Waals surface area contributed by atoms with E-state index in [1.165, 1.54) is 6.20 Å². The first-order chi connectivity index (χ1) is 6.70. The van der Waals surface area contributed by atoms with Gasteiger partial charge in [0.1, 0.15) is 0 Å². The predicted octanol–water partition coefficient (Wildman–Crippen LogP) is 0.188. The van der Waals surface area contributed by atoms with Gasteiger partial charge in [-0.1, -0.05) is 0 Å². The lowest BCUT2D eigenvalue weighted by atomic mass is 10.3. The fourth-order valence-corrected chi connectivity index (χ4v) is 1.25. The lowest BCUT2D eigenvalue weighted by molar-refractivity contribution is 0.535. The summed E-state index contributed by atoms with van der Waals surface area (Å²) in [5, 5.41) is 12.2. The fraction of sp³-hybridized carbons (Fsp3) is 0.286. The second-order valence-electron chi connectivity index (χ2n) is 2.73. The first kappa shape index (κ1) is 9.17. The van der Waals surface area contributed by atoms with E-state index in [-0.39, 0.29) is 17.5 Å². The number of aliphatic hydroxyl groups excluding tert-OH is 1. The van der Waals surface area contributed by atoms with Crippen LogP contribution in [0.25, 0.3) is 0 Å². The summed E-state index contributed by atoms with van der Waals surface area (Å²) in [4.78, 5) is 11.8. The third-order valence-electron chi connectivity index (χ3n) is 1.72. The minimum Gasteiger partial charge on any atom is -0.492 e. The molecule has 0 amide bonds. The first-order valence-electron chi connectivity index (χ1n) is 3.92. The third kappa shape index (κ3) is 1.49. The van der Waals surface area contributed by atoms with Gasteiger partial charge in [0.2, 0.25) is 5.90 Å². The topological polar surface area (TPSA) is 96.4 Å². The molecule has 1 unspecified atom stereocenters. The Kier molecular flexibility index (Phi) is 2.22. The third-order valence-corrected chi connectivity index (χ3v) is 1.99. The summed E-state index contributed by atoms with van der Waals surface area (Å²) in [7, 11) is 0. The molecule has 1 atom stereocenters. The zero-order valence-electron chi connectivity index (χ0n) is 7.11. The van der Waals surface area contributed by atoms with E-state index in [0.29, 0.717) is 11.5 Å². The highest BCUT2D eigenvalue weighted by atomic mass is 35.5. The Morgan fingerprint density at radius 3 is 3.14 bits per heavy atom. The number of aliphatic imine (C=N–C) groups is 1. The molecule has 0 fully saturated rings. The van der Waals surface area contributed by atoms with E-state index in [1.807, 2.05) is 0 Å². The van der Waals surface area contributed by atoms with E-state index in [4.69, 9.17) is 17.3 Å². The van der Waals surface area contributed by atoms with Gasteiger partial charge < -0.3 is 10.4 Å². The molecule has 0 radical (unpaired) electrons. The van der Waals surface area contributed by atoms with Crippen LogP contribution in [0.4, 0.5) is 5.82 Å². The standard InChI is InChI=1S/C7H8ClN5O/c8-1-3-2-10-5-4(11-3)6(14)13-7(9)12-5/h2,7H,1,9H2,(H,10,12)(H,13,14). The second-order valence-corrected chi connectivity index (χ2v) is 3.00. The Bertz CT molecular complexity index is 394. The number of fused-ring (bicyclic) bond motifs is 1. The largest absolute Gasteiger partial charge is 0.492 e. The summed E-state index contributed by atoms with van der Waals surface area (Å²) in [6.07, 6.45) is 0.836. The molecule has 6 nitrogen and oxygen atoms in total. The normalized spacial score (nSPS) is 19.6. The fourth-order valence-electron chi connectivity index (χ4n) is 1.12. The van der Waals surface area contributed by atoms with Crippen molar-refractivity contribution in [3.63, 3.8) is 0 Å². The van der Waals surface area contributed by atoms with E-state index in [2.05, 4.69) is 20.3 Å². The van der Waals surface area contributed by atoms with Crippen molar-refractivity contribution in [1.82, 2.24) is 9.97 Å². The molecule has 0 saturated carbocycles. The van der Waals surface area contributed by atoms with Crippen molar-refractivity contribution in [2.75, 3.05) is 5.32 Å². The van der Waals surface area contributed by atoms with Crippen LogP contribution in [-0.4, -0.2) is 27.3 Å². The molecular formula is C7H8ClN5O. The summed E-state index contributed by atoms with van der Waals surface area (Å²) in [6, 6.07) is 0. The molecule has 4 N–H and O–H groups in total. The molecule has 7 heteroatoms. The number of nitrogens with one attached hydrogen (secondary N) is 1. The van der Waals surface area contributed by atoms with Crippen LogP contribution in [0.15, 0.2) is 11.2 Å². The van der Waals surface area contributed by atoms with Crippen LogP contribution in [-0.2, 0) is 5.88 Å². The smallest absolute Gasteiger partial charge is 0.239 e. The Morgan fingerprint density at radius 2 is 2.43 bits per heavy atom. The van der Waals surface area contributed by atoms with E-state index >= 15 is 0 Å². The van der Waals surface area contributed by atoms with Gasteiger partial charge in [0, 0.05) is 0 Å². The molecule has 14 heavy (non-hydrogen) atoms. The van der Waals surface area contributed by atoms with Gasteiger partial charge in [-0.25, -0.2) is 15.0 Å². The minimum atomic E-state index is -0.682. The van der Waals surface area contributed by atoms with Gasteiger partial charge in [0.05, 0.1) is 17.8 Å². The van der Waals surface area contributed by atoms with Gasteiger partial charge in [-0.3, -0.25) is 5.73 Å². The molecule has 2 rings (SSSR count). The van der Waals surface area contributed by atoms with Crippen LogP contribution < -0.4 is 11.1 Å². The molecule has 1 aromatic heterocycles. The second kappa shape index (κ2) is 3.39. The number of rotatable bonds is 1. The summed E-state index contributed by atoms with van der Waals surface area (Å²) >= 11 is 5.58. The Balaban J connectivity index is 2.48. The number of nitrogens with two attached hydrogens (primary N) is 1. The predicted molar refractivity (Wildman–Crippen MR) is 52.4 cm³/mol. The van der Waals surface area contributed by atoms with Crippen LogP contribution in [0.1, 0.15) is 11.4 Å². The SMILES string of the molecule is NC1N=C(O)c2nc(CCl)cnc2N1. The van der Waals surface area contributed by atoms with Crippen molar-refractivity contribution in [3.05, 3.63) is 17.6 Å². The number of halogens is 1. The van der Waals surface area contributed by atoms with Gasteiger partial charge >= 0.3 is 0 Å². The van der Waals surface area contributed by atoms with E-state index in [0.717, 1.165) is 0 Å². The number of aliphatic hydroxyl groups is 1. The number of hydrogen-bond acceptors (Lipinski definition) is 5. The molecule has 1 aliphatic rings. The quantitative estimate of drug-likeness (QED) is 0.579. The van der Waals surface area contributed by atoms with Crippen molar-refractivity contribution in [2.45, 2.75) is 12.2 Å². The van der Waals surface area contributed by atoms with E-state index in [1.54, 1.807) is 0 Å². The highest BCUT2D eigenvalue weighted by Crippen LogP contribution is 2.16. The lowest BCUT2D eigenvalue weighted by Crippen LogP contribution is -2.34. The van der Waals surface area contributed by atoms with Crippen molar-refractivity contribution in [2.24, 2.45) is 10.7 Å². The maximum Gasteiger partial charge on any atom is 0.239 e. The van der Waals surface area contributed by atoms with Gasteiger partial charge in [-0.2, -0.15) is 0 Å². The Morgan fingerprint density at radius 1 is 1.64 bits per heavy atom. The number of alkyl halides is 1. The molecule has 0 aromatic carbocycles. The average molecular weight is 214 g/mol. The van der Waals surface area contributed by atoms with Gasteiger partial charge in [-0.05, 0) is 0 Å². The molecule has 0 saturated heterocycles. The van der Waals surface area contributed by atoms with Crippen LogP contribution in [0.2, 0.25) is 0 Å². The molecule has 2 heterocycles. The number of anilines is 1. The maximum atomic E-state index is 9.44. The zero-order chi connectivity index (χ0) is 10.1. The van der Waals surface area contributed by atoms with Gasteiger partial charge in [0.15, 0.2) is 17.8 Å². The maximum absolute atomic E-state index is 9.44. The molecule has 1 aromatic rings. The molecular weight excluding hydrogens is 206 g/mol. The Hall–Kier alpha value is -1.40. The number of nitrogens with zero attached hydrogens (tertiary/aromatic N) is 3. The lowest BCUT2D eigenvalue weighted by Gasteiger charge is -2.18. The summed E-state index contributed by atoms with van der Waals surface area (Å²) < 4.78 is 0. The molecule has 0 spiro atoms. The molecule has 0 bridgehead atoms. The van der Waals surface area contributed by atoms with Crippen molar-refractivity contribution in [3.8, 4) is 0 Å². The summed E-state index contributed by atoms with van der Waals surface area (Å²) in [6.45, 7) is 0. The summed E-state index contributed by atoms with van der Waals surface area (Å²) in [5.74, 6) is 0.434. The van der Waals surface area contributed by atoms with Crippen LogP contribution in [0.3, 0.4) is 0 Å². The van der Waals surface area contributed by atoms with Gasteiger partial charge in [-0.15, -0.1) is 11.6 Å². The zero-order valence-corrected chi connectivity index (χ0v) is 7.86. The Labute approximate surface area is 84.8 Å².